The van der Waals surface area contributed by atoms with Crippen molar-refractivity contribution >= 4 is 11.9 Å². The third-order valence-corrected chi connectivity index (χ3v) is 4.76. The maximum absolute atomic E-state index is 12.2. The lowest BCUT2D eigenvalue weighted by molar-refractivity contribution is 0.0129. The number of rotatable bonds is 9. The molecule has 0 saturated heterocycles. The van der Waals surface area contributed by atoms with Crippen LogP contribution in [0.1, 0.15) is 26.5 Å². The average molecular weight is 462 g/mol. The summed E-state index contributed by atoms with van der Waals surface area (Å²) in [6.45, 7) is 2.02. The molecule has 11 heteroatoms. The lowest BCUT2D eigenvalue weighted by Crippen LogP contribution is -2.17. The number of carbonyl (C=O) groups excluding carboxylic acids is 2. The van der Waals surface area contributed by atoms with Crippen molar-refractivity contribution < 1.29 is 23.8 Å². The SMILES string of the molecule is COC(=O)c1nc(-n2cc(-c3ccc(C)cc3)nn2)nn1COCCOC(=O)c1ccccc1. The Labute approximate surface area is 194 Å². The predicted octanol–water partition coefficient (Wildman–Crippen LogP) is 2.45. The van der Waals surface area contributed by atoms with Crippen molar-refractivity contribution in [2.75, 3.05) is 20.3 Å². The van der Waals surface area contributed by atoms with Crippen LogP contribution in [-0.4, -0.2) is 62.0 Å². The van der Waals surface area contributed by atoms with Crippen LogP contribution in [0.3, 0.4) is 0 Å². The van der Waals surface area contributed by atoms with E-state index in [0.717, 1.165) is 11.1 Å². The highest BCUT2D eigenvalue weighted by molar-refractivity contribution is 5.89. The molecule has 2 heterocycles. The van der Waals surface area contributed by atoms with E-state index in [2.05, 4.69) is 20.4 Å². The smallest absolute Gasteiger partial charge is 0.375 e. The fourth-order valence-corrected chi connectivity index (χ4v) is 2.98. The van der Waals surface area contributed by atoms with Gasteiger partial charge >= 0.3 is 11.9 Å². The molecule has 34 heavy (non-hydrogen) atoms. The number of nitrogens with zero attached hydrogens (tertiary/aromatic N) is 6. The summed E-state index contributed by atoms with van der Waals surface area (Å²) in [4.78, 5) is 28.3. The van der Waals surface area contributed by atoms with E-state index in [0.29, 0.717) is 11.3 Å². The average Bonchev–Trinajstić information content (AvgIpc) is 3.52. The van der Waals surface area contributed by atoms with Gasteiger partial charge in [0, 0.05) is 5.56 Å². The van der Waals surface area contributed by atoms with Crippen LogP contribution >= 0.6 is 0 Å². The first-order chi connectivity index (χ1) is 16.5. The normalized spacial score (nSPS) is 10.8. The van der Waals surface area contributed by atoms with Crippen LogP contribution < -0.4 is 0 Å². The van der Waals surface area contributed by atoms with E-state index in [4.69, 9.17) is 14.2 Å². The number of aryl methyl sites for hydroxylation is 1. The Morgan fingerprint density at radius 2 is 1.74 bits per heavy atom. The van der Waals surface area contributed by atoms with Crippen LogP contribution in [0.15, 0.2) is 60.8 Å². The van der Waals surface area contributed by atoms with Gasteiger partial charge in [-0.1, -0.05) is 53.2 Å². The molecular weight excluding hydrogens is 440 g/mol. The summed E-state index contributed by atoms with van der Waals surface area (Å²) in [6.07, 6.45) is 1.66. The van der Waals surface area contributed by atoms with Gasteiger partial charge in [0.2, 0.25) is 5.82 Å². The van der Waals surface area contributed by atoms with Gasteiger partial charge in [0.25, 0.3) is 5.95 Å². The lowest BCUT2D eigenvalue weighted by atomic mass is 10.1. The number of carbonyl (C=O) groups is 2. The number of benzene rings is 2. The Morgan fingerprint density at radius 3 is 2.47 bits per heavy atom. The lowest BCUT2D eigenvalue weighted by Gasteiger charge is -2.07. The summed E-state index contributed by atoms with van der Waals surface area (Å²) in [5.41, 5.74) is 3.11. The molecular formula is C23H22N6O5. The Kier molecular flexibility index (Phi) is 7.04. The van der Waals surface area contributed by atoms with Gasteiger partial charge in [-0.15, -0.1) is 10.2 Å². The minimum atomic E-state index is -0.684. The van der Waals surface area contributed by atoms with Gasteiger partial charge in [0.15, 0.2) is 0 Å². The van der Waals surface area contributed by atoms with Crippen LogP contribution in [-0.2, 0) is 20.9 Å². The first kappa shape index (κ1) is 22.8. The summed E-state index contributed by atoms with van der Waals surface area (Å²) < 4.78 is 18.1. The molecule has 0 fully saturated rings. The standard InChI is InChI=1S/C23H22N6O5/c1-16-8-10-17(11-9-16)19-14-28(27-25-19)23-24-20(22(31)32-2)29(26-23)15-33-12-13-34-21(30)18-6-4-3-5-7-18/h3-11,14H,12-13,15H2,1-2H3. The van der Waals surface area contributed by atoms with Crippen LogP contribution in [0.25, 0.3) is 17.2 Å². The summed E-state index contributed by atoms with van der Waals surface area (Å²) in [5, 5.41) is 12.5. The Bertz CT molecular complexity index is 1270. The summed E-state index contributed by atoms with van der Waals surface area (Å²) in [7, 11) is 1.25. The third kappa shape index (κ3) is 5.33. The molecule has 4 rings (SSSR count). The zero-order valence-corrected chi connectivity index (χ0v) is 18.6. The highest BCUT2D eigenvalue weighted by Crippen LogP contribution is 2.17. The second kappa shape index (κ2) is 10.5. The maximum atomic E-state index is 12.2. The zero-order chi connectivity index (χ0) is 23.9. The van der Waals surface area contributed by atoms with Gasteiger partial charge in [-0.05, 0) is 19.1 Å². The minimum Gasteiger partial charge on any atom is -0.463 e. The number of hydrogen-bond donors (Lipinski definition) is 0. The first-order valence-corrected chi connectivity index (χ1v) is 10.4. The van der Waals surface area contributed by atoms with E-state index >= 15 is 0 Å². The molecule has 0 aliphatic rings. The monoisotopic (exact) mass is 462 g/mol. The zero-order valence-electron chi connectivity index (χ0n) is 18.6. The topological polar surface area (TPSA) is 123 Å². The predicted molar refractivity (Wildman–Crippen MR) is 119 cm³/mol. The van der Waals surface area contributed by atoms with Gasteiger partial charge in [0.1, 0.15) is 19.0 Å². The summed E-state index contributed by atoms with van der Waals surface area (Å²) in [5.74, 6) is -1.06. The molecule has 0 unspecified atom stereocenters. The van der Waals surface area contributed by atoms with E-state index in [9.17, 15) is 9.59 Å². The maximum Gasteiger partial charge on any atom is 0.375 e. The first-order valence-electron chi connectivity index (χ1n) is 10.4. The van der Waals surface area contributed by atoms with Crippen molar-refractivity contribution in [3.05, 3.63) is 77.7 Å². The van der Waals surface area contributed by atoms with Crippen molar-refractivity contribution in [2.45, 2.75) is 13.7 Å². The fraction of sp³-hybridized carbons (Fsp3) is 0.217. The van der Waals surface area contributed by atoms with Gasteiger partial charge in [-0.25, -0.2) is 14.3 Å². The second-order valence-electron chi connectivity index (χ2n) is 7.18. The molecule has 0 saturated carbocycles. The van der Waals surface area contributed by atoms with Crippen LogP contribution in [0.4, 0.5) is 0 Å². The van der Waals surface area contributed by atoms with Gasteiger partial charge < -0.3 is 14.2 Å². The van der Waals surface area contributed by atoms with E-state index in [-0.39, 0.29) is 31.7 Å². The molecule has 0 amide bonds. The number of methoxy groups -OCH3 is 1. The highest BCUT2D eigenvalue weighted by Gasteiger charge is 2.20. The molecule has 0 radical (unpaired) electrons. The molecule has 2 aromatic heterocycles. The molecule has 11 nitrogen and oxygen atoms in total. The Hall–Kier alpha value is -4.38. The number of hydrogen-bond acceptors (Lipinski definition) is 9. The molecule has 0 atom stereocenters. The van der Waals surface area contributed by atoms with Crippen molar-refractivity contribution in [1.29, 1.82) is 0 Å². The summed E-state index contributed by atoms with van der Waals surface area (Å²) >= 11 is 0. The molecule has 4 aromatic rings. The van der Waals surface area contributed by atoms with Crippen molar-refractivity contribution in [1.82, 2.24) is 29.8 Å². The largest absolute Gasteiger partial charge is 0.463 e. The van der Waals surface area contributed by atoms with E-state index in [1.54, 1.807) is 30.5 Å². The Morgan fingerprint density at radius 1 is 0.971 bits per heavy atom. The van der Waals surface area contributed by atoms with Crippen molar-refractivity contribution in [3.63, 3.8) is 0 Å². The molecule has 2 aromatic carbocycles. The van der Waals surface area contributed by atoms with E-state index in [1.807, 2.05) is 37.3 Å². The van der Waals surface area contributed by atoms with Gasteiger partial charge in [-0.2, -0.15) is 9.67 Å². The molecule has 174 valence electrons. The number of ether oxygens (including phenoxy) is 3. The van der Waals surface area contributed by atoms with Crippen LogP contribution in [0, 0.1) is 6.92 Å². The molecule has 0 bridgehead atoms. The van der Waals surface area contributed by atoms with E-state index in [1.165, 1.54) is 16.5 Å². The molecule has 0 spiro atoms. The Balaban J connectivity index is 1.40. The van der Waals surface area contributed by atoms with Crippen LogP contribution in [0.2, 0.25) is 0 Å². The number of aromatic nitrogens is 6. The van der Waals surface area contributed by atoms with E-state index < -0.39 is 11.9 Å². The quantitative estimate of drug-likeness (QED) is 0.272. The summed E-state index contributed by atoms with van der Waals surface area (Å²) in [6, 6.07) is 16.5. The number of esters is 2. The molecule has 0 aliphatic heterocycles. The van der Waals surface area contributed by atoms with Gasteiger partial charge in [0.05, 0.1) is 25.5 Å². The van der Waals surface area contributed by atoms with Crippen molar-refractivity contribution in [2.24, 2.45) is 0 Å². The highest BCUT2D eigenvalue weighted by atomic mass is 16.6. The molecule has 0 N–H and O–H groups in total. The van der Waals surface area contributed by atoms with Gasteiger partial charge in [-0.3, -0.25) is 0 Å². The second-order valence-corrected chi connectivity index (χ2v) is 7.18. The third-order valence-electron chi connectivity index (χ3n) is 4.76. The van der Waals surface area contributed by atoms with Crippen molar-refractivity contribution in [3.8, 4) is 17.2 Å². The molecule has 0 aliphatic carbocycles. The minimum absolute atomic E-state index is 0.0336. The van der Waals surface area contributed by atoms with Crippen LogP contribution in [0.5, 0.6) is 0 Å². The fourth-order valence-electron chi connectivity index (χ4n) is 2.98.